The molecule has 1 heterocycles. The van der Waals surface area contributed by atoms with Crippen LogP contribution in [0.3, 0.4) is 0 Å². The van der Waals surface area contributed by atoms with E-state index in [0.29, 0.717) is 11.5 Å². The fraction of sp³-hybridized carbons (Fsp3) is 0.261. The summed E-state index contributed by atoms with van der Waals surface area (Å²) in [6.07, 6.45) is 6.86. The van der Waals surface area contributed by atoms with Gasteiger partial charge in [0.1, 0.15) is 0 Å². The monoisotopic (exact) mass is 346 g/mol. The molecular weight excluding hydrogens is 320 g/mol. The second kappa shape index (κ2) is 8.63. The van der Waals surface area contributed by atoms with Crippen LogP contribution in [0.2, 0.25) is 0 Å². The van der Waals surface area contributed by atoms with Gasteiger partial charge in [-0.3, -0.25) is 4.79 Å². The Labute approximate surface area is 155 Å². The molecule has 134 valence electrons. The van der Waals surface area contributed by atoms with Gasteiger partial charge in [-0.15, -0.1) is 0 Å². The maximum Gasteiger partial charge on any atom is 0.251 e. The Hall–Kier alpha value is -2.65. The summed E-state index contributed by atoms with van der Waals surface area (Å²) in [5, 5.41) is 6.67. The molecule has 3 nitrogen and oxygen atoms in total. The quantitative estimate of drug-likeness (QED) is 0.812. The first-order valence-electron chi connectivity index (χ1n) is 9.18. The van der Waals surface area contributed by atoms with Crippen molar-refractivity contribution < 1.29 is 4.79 Å². The number of amides is 1. The molecular formula is C23H26N2O. The highest BCUT2D eigenvalue weighted by Crippen LogP contribution is 2.27. The predicted molar refractivity (Wildman–Crippen MR) is 109 cm³/mol. The van der Waals surface area contributed by atoms with E-state index >= 15 is 0 Å². The Morgan fingerprint density at radius 2 is 2.04 bits per heavy atom. The van der Waals surface area contributed by atoms with E-state index in [4.69, 9.17) is 0 Å². The Balaban J connectivity index is 1.86. The summed E-state index contributed by atoms with van der Waals surface area (Å²) >= 11 is 0. The number of nitrogens with one attached hydrogen (secondary N) is 2. The molecule has 0 radical (unpaired) electrons. The van der Waals surface area contributed by atoms with E-state index in [0.717, 1.165) is 36.2 Å². The van der Waals surface area contributed by atoms with Gasteiger partial charge in [-0.2, -0.15) is 0 Å². The molecule has 0 bridgehead atoms. The van der Waals surface area contributed by atoms with E-state index in [1.54, 1.807) is 0 Å². The molecule has 2 N–H and O–H groups in total. The van der Waals surface area contributed by atoms with E-state index < -0.39 is 0 Å². The van der Waals surface area contributed by atoms with Crippen molar-refractivity contribution in [3.8, 4) is 0 Å². The predicted octanol–water partition coefficient (Wildman–Crippen LogP) is 4.44. The van der Waals surface area contributed by atoms with Crippen LogP contribution in [-0.4, -0.2) is 19.0 Å². The molecule has 0 spiro atoms. The van der Waals surface area contributed by atoms with Crippen molar-refractivity contribution in [2.75, 3.05) is 13.1 Å². The van der Waals surface area contributed by atoms with Gasteiger partial charge in [0, 0.05) is 12.1 Å². The lowest BCUT2D eigenvalue weighted by Crippen LogP contribution is -2.34. The largest absolute Gasteiger partial charge is 0.345 e. The van der Waals surface area contributed by atoms with Crippen LogP contribution in [0.25, 0.3) is 12.2 Å². The summed E-state index contributed by atoms with van der Waals surface area (Å²) in [5.74, 6) is 0.371. The van der Waals surface area contributed by atoms with E-state index in [2.05, 4.69) is 29.3 Å². The molecule has 1 saturated heterocycles. The molecule has 1 amide bonds. The summed E-state index contributed by atoms with van der Waals surface area (Å²) < 4.78 is 0. The number of carbonyl (C=O) groups excluding carboxylic acids is 1. The highest BCUT2D eigenvalue weighted by molar-refractivity contribution is 5.95. The van der Waals surface area contributed by atoms with Crippen molar-refractivity contribution in [2.45, 2.75) is 19.4 Å². The lowest BCUT2D eigenvalue weighted by atomic mass is 9.91. The topological polar surface area (TPSA) is 41.1 Å². The van der Waals surface area contributed by atoms with Crippen LogP contribution in [0.1, 0.15) is 46.4 Å². The number of rotatable bonds is 6. The summed E-state index contributed by atoms with van der Waals surface area (Å²) in [6, 6.07) is 16.0. The van der Waals surface area contributed by atoms with Gasteiger partial charge >= 0.3 is 0 Å². The van der Waals surface area contributed by atoms with Crippen LogP contribution in [0, 0.1) is 5.92 Å². The Kier molecular flexibility index (Phi) is 6.03. The number of carbonyl (C=O) groups is 1. The fourth-order valence-electron chi connectivity index (χ4n) is 3.55. The average Bonchev–Trinajstić information content (AvgIpc) is 3.21. The first-order valence-corrected chi connectivity index (χ1v) is 9.18. The summed E-state index contributed by atoms with van der Waals surface area (Å²) in [4.78, 5) is 13.0. The SMILES string of the molecule is C=Cc1ccc(C(=O)N[C@H](c2ccccc2)[C@H]2CCNC2)cc1/C=C\C. The molecule has 1 aliphatic rings. The third-order valence-corrected chi connectivity index (χ3v) is 4.93. The standard InChI is InChI=1S/C23H26N2O/c1-3-8-19-15-20(12-11-17(19)4-2)23(26)25-22(21-13-14-24-16-21)18-9-6-5-7-10-18/h3-12,15,21-22,24H,2,13-14,16H2,1H3,(H,25,26)/b8-3-/t21-,22+/m0/s1. The molecule has 2 aromatic rings. The minimum atomic E-state index is -0.0351. The van der Waals surface area contributed by atoms with Gasteiger partial charge in [-0.05, 0) is 54.6 Å². The van der Waals surface area contributed by atoms with Crippen LogP contribution < -0.4 is 10.6 Å². The average molecular weight is 346 g/mol. The van der Waals surface area contributed by atoms with E-state index in [9.17, 15) is 4.79 Å². The zero-order chi connectivity index (χ0) is 18.4. The highest BCUT2D eigenvalue weighted by Gasteiger charge is 2.27. The Morgan fingerprint density at radius 3 is 2.69 bits per heavy atom. The number of hydrogen-bond donors (Lipinski definition) is 2. The van der Waals surface area contributed by atoms with Gasteiger partial charge in [0.25, 0.3) is 5.91 Å². The second-order valence-corrected chi connectivity index (χ2v) is 6.66. The van der Waals surface area contributed by atoms with Gasteiger partial charge in [-0.25, -0.2) is 0 Å². The van der Waals surface area contributed by atoms with Gasteiger partial charge in [0.05, 0.1) is 6.04 Å². The maximum absolute atomic E-state index is 13.0. The van der Waals surface area contributed by atoms with Gasteiger partial charge in [0.2, 0.25) is 0 Å². The molecule has 3 heteroatoms. The minimum Gasteiger partial charge on any atom is -0.345 e. The molecule has 2 aromatic carbocycles. The van der Waals surface area contributed by atoms with Crippen molar-refractivity contribution in [1.82, 2.24) is 10.6 Å². The first kappa shape index (κ1) is 18.2. The number of allylic oxidation sites excluding steroid dienone is 1. The van der Waals surface area contributed by atoms with Crippen LogP contribution in [0.15, 0.2) is 61.2 Å². The van der Waals surface area contributed by atoms with Crippen LogP contribution in [0.5, 0.6) is 0 Å². The van der Waals surface area contributed by atoms with Crippen LogP contribution in [-0.2, 0) is 0 Å². The van der Waals surface area contributed by atoms with Crippen molar-refractivity contribution in [3.05, 3.63) is 83.4 Å². The fourth-order valence-corrected chi connectivity index (χ4v) is 3.55. The normalized spacial score (nSPS) is 18.0. The van der Waals surface area contributed by atoms with Gasteiger partial charge in [-0.1, -0.05) is 61.2 Å². The smallest absolute Gasteiger partial charge is 0.251 e. The molecule has 3 rings (SSSR count). The zero-order valence-electron chi connectivity index (χ0n) is 15.2. The second-order valence-electron chi connectivity index (χ2n) is 6.66. The third kappa shape index (κ3) is 4.12. The van der Waals surface area contributed by atoms with Crippen LogP contribution in [0.4, 0.5) is 0 Å². The highest BCUT2D eigenvalue weighted by atomic mass is 16.1. The molecule has 2 atom stereocenters. The van der Waals surface area contributed by atoms with Crippen molar-refractivity contribution >= 4 is 18.1 Å². The van der Waals surface area contributed by atoms with Crippen molar-refractivity contribution in [2.24, 2.45) is 5.92 Å². The summed E-state index contributed by atoms with van der Waals surface area (Å²) in [6.45, 7) is 7.75. The molecule has 0 unspecified atom stereocenters. The molecule has 26 heavy (non-hydrogen) atoms. The van der Waals surface area contributed by atoms with Gasteiger partial charge in [0.15, 0.2) is 0 Å². The Morgan fingerprint density at radius 1 is 1.23 bits per heavy atom. The Bertz CT molecular complexity index is 789. The van der Waals surface area contributed by atoms with Crippen LogP contribution >= 0.6 is 0 Å². The molecule has 1 fully saturated rings. The molecule has 0 saturated carbocycles. The lowest BCUT2D eigenvalue weighted by Gasteiger charge is -2.25. The third-order valence-electron chi connectivity index (χ3n) is 4.93. The van der Waals surface area contributed by atoms with Crippen molar-refractivity contribution in [1.29, 1.82) is 0 Å². The zero-order valence-corrected chi connectivity index (χ0v) is 15.2. The molecule has 1 aliphatic heterocycles. The first-order chi connectivity index (χ1) is 12.7. The van der Waals surface area contributed by atoms with E-state index in [-0.39, 0.29) is 11.9 Å². The van der Waals surface area contributed by atoms with E-state index in [1.165, 1.54) is 0 Å². The van der Waals surface area contributed by atoms with E-state index in [1.807, 2.05) is 61.5 Å². The molecule has 0 aromatic heterocycles. The van der Waals surface area contributed by atoms with Gasteiger partial charge < -0.3 is 10.6 Å². The lowest BCUT2D eigenvalue weighted by molar-refractivity contribution is 0.0923. The number of hydrogen-bond acceptors (Lipinski definition) is 2. The molecule has 0 aliphatic carbocycles. The maximum atomic E-state index is 13.0. The van der Waals surface area contributed by atoms with Crippen molar-refractivity contribution in [3.63, 3.8) is 0 Å². The number of benzene rings is 2. The summed E-state index contributed by atoms with van der Waals surface area (Å²) in [5.41, 5.74) is 3.87. The summed E-state index contributed by atoms with van der Waals surface area (Å²) in [7, 11) is 0. The minimum absolute atomic E-state index is 0.0166.